The number of halogens is 1. The summed E-state index contributed by atoms with van der Waals surface area (Å²) in [5.74, 6) is 1.09. The molecule has 2 heterocycles. The van der Waals surface area contributed by atoms with E-state index in [2.05, 4.69) is 22.0 Å². The molecule has 4 nitrogen and oxygen atoms in total. The van der Waals surface area contributed by atoms with E-state index in [1.807, 2.05) is 34.5 Å². The summed E-state index contributed by atoms with van der Waals surface area (Å²) in [5, 5.41) is 1.95. The van der Waals surface area contributed by atoms with E-state index in [-0.39, 0.29) is 5.91 Å². The summed E-state index contributed by atoms with van der Waals surface area (Å²) in [7, 11) is 1.71. The van der Waals surface area contributed by atoms with Gasteiger partial charge in [-0.1, -0.05) is 22.0 Å². The third-order valence-electron chi connectivity index (χ3n) is 4.17. The number of nitrogens with one attached hydrogen (secondary N) is 1. The molecule has 0 saturated carbocycles. The van der Waals surface area contributed by atoms with E-state index < -0.39 is 0 Å². The molecule has 0 atom stereocenters. The highest BCUT2D eigenvalue weighted by atomic mass is 79.9. The number of nitrogens with zero attached hydrogens (tertiary/aromatic N) is 1. The molecule has 1 N–H and O–H groups in total. The van der Waals surface area contributed by atoms with Gasteiger partial charge in [0.05, 0.1) is 38.2 Å². The maximum Gasteiger partial charge on any atom is 0.264 e. The molecule has 1 aromatic heterocycles. The lowest BCUT2D eigenvalue weighted by molar-refractivity contribution is -0.917. The van der Waals surface area contributed by atoms with Crippen LogP contribution >= 0.6 is 27.3 Å². The lowest BCUT2D eigenvalue weighted by atomic mass is 10.1. The Morgan fingerprint density at radius 3 is 2.78 bits per heavy atom. The molecule has 1 saturated heterocycles. The van der Waals surface area contributed by atoms with Crippen molar-refractivity contribution in [3.63, 3.8) is 0 Å². The van der Waals surface area contributed by atoms with Crippen molar-refractivity contribution < 1.29 is 14.4 Å². The Hall–Kier alpha value is -1.37. The van der Waals surface area contributed by atoms with Gasteiger partial charge in [-0.05, 0) is 29.6 Å². The number of hydrogen-bond donors (Lipinski definition) is 1. The monoisotopic (exact) mass is 395 g/mol. The number of ether oxygens (including phenoxy) is 1. The molecule has 1 aliphatic heterocycles. The lowest BCUT2D eigenvalue weighted by Crippen LogP contribution is -3.13. The zero-order chi connectivity index (χ0) is 16.2. The van der Waals surface area contributed by atoms with Crippen LogP contribution in [0.2, 0.25) is 0 Å². The summed E-state index contributed by atoms with van der Waals surface area (Å²) >= 11 is 5.04. The van der Waals surface area contributed by atoms with Crippen molar-refractivity contribution in [2.45, 2.75) is 6.54 Å². The van der Waals surface area contributed by atoms with Crippen molar-refractivity contribution in [1.82, 2.24) is 4.90 Å². The number of carbonyl (C=O) groups is 1. The zero-order valence-corrected chi connectivity index (χ0v) is 15.5. The van der Waals surface area contributed by atoms with Crippen LogP contribution < -0.4 is 9.64 Å². The second kappa shape index (κ2) is 7.47. The van der Waals surface area contributed by atoms with E-state index in [0.29, 0.717) is 0 Å². The van der Waals surface area contributed by atoms with Crippen molar-refractivity contribution in [2.75, 3.05) is 33.3 Å². The second-order valence-corrected chi connectivity index (χ2v) is 7.52. The highest BCUT2D eigenvalue weighted by Gasteiger charge is 2.25. The molecule has 0 radical (unpaired) electrons. The van der Waals surface area contributed by atoms with Crippen molar-refractivity contribution in [2.24, 2.45) is 0 Å². The quantitative estimate of drug-likeness (QED) is 0.859. The normalized spacial score (nSPS) is 15.7. The fourth-order valence-electron chi connectivity index (χ4n) is 2.91. The maximum atomic E-state index is 12.4. The average molecular weight is 396 g/mol. The van der Waals surface area contributed by atoms with E-state index in [1.54, 1.807) is 7.11 Å². The molecular formula is C17H20BrN2O2S+. The second-order valence-electron chi connectivity index (χ2n) is 5.65. The van der Waals surface area contributed by atoms with Crippen molar-refractivity contribution in [1.29, 1.82) is 0 Å². The molecule has 1 fully saturated rings. The third-order valence-corrected chi connectivity index (χ3v) is 5.52. The SMILES string of the molecule is COc1ccc(Br)cc1C[NH+]1CCN(C(=O)c2cccs2)CC1. The minimum absolute atomic E-state index is 0.166. The van der Waals surface area contributed by atoms with Gasteiger partial charge >= 0.3 is 0 Å². The van der Waals surface area contributed by atoms with E-state index in [0.717, 1.165) is 47.8 Å². The number of hydrogen-bond acceptors (Lipinski definition) is 3. The number of piperazine rings is 1. The molecule has 1 amide bonds. The smallest absolute Gasteiger partial charge is 0.264 e. The topological polar surface area (TPSA) is 34.0 Å². The molecule has 0 bridgehead atoms. The predicted octanol–water partition coefficient (Wildman–Crippen LogP) is 2.06. The largest absolute Gasteiger partial charge is 0.496 e. The number of benzene rings is 1. The predicted molar refractivity (Wildman–Crippen MR) is 95.3 cm³/mol. The van der Waals surface area contributed by atoms with Gasteiger partial charge in [0.2, 0.25) is 0 Å². The first-order valence-electron chi connectivity index (χ1n) is 7.66. The first kappa shape index (κ1) is 16.5. The highest BCUT2D eigenvalue weighted by Crippen LogP contribution is 2.22. The first-order chi connectivity index (χ1) is 11.2. The molecule has 122 valence electrons. The number of quaternary nitrogens is 1. The fraction of sp³-hybridized carbons (Fsp3) is 0.353. The van der Waals surface area contributed by atoms with Crippen LogP contribution in [0.15, 0.2) is 40.2 Å². The Kier molecular flexibility index (Phi) is 5.35. The van der Waals surface area contributed by atoms with Gasteiger partial charge in [0, 0.05) is 10.0 Å². The zero-order valence-electron chi connectivity index (χ0n) is 13.0. The van der Waals surface area contributed by atoms with Gasteiger partial charge in [-0.2, -0.15) is 0 Å². The average Bonchev–Trinajstić information content (AvgIpc) is 3.10. The summed E-state index contributed by atoms with van der Waals surface area (Å²) < 4.78 is 6.52. The van der Waals surface area contributed by atoms with Crippen LogP contribution in [0.3, 0.4) is 0 Å². The summed E-state index contributed by atoms with van der Waals surface area (Å²) in [6.45, 7) is 4.47. The van der Waals surface area contributed by atoms with Gasteiger partial charge in [0.1, 0.15) is 12.3 Å². The van der Waals surface area contributed by atoms with Crippen LogP contribution in [-0.4, -0.2) is 44.1 Å². The Morgan fingerprint density at radius 1 is 1.35 bits per heavy atom. The number of rotatable bonds is 4. The number of methoxy groups -OCH3 is 1. The number of amides is 1. The van der Waals surface area contributed by atoms with Crippen LogP contribution in [0.4, 0.5) is 0 Å². The highest BCUT2D eigenvalue weighted by molar-refractivity contribution is 9.10. The molecule has 1 aliphatic rings. The minimum atomic E-state index is 0.166. The van der Waals surface area contributed by atoms with Crippen molar-refractivity contribution >= 4 is 33.2 Å². The maximum absolute atomic E-state index is 12.4. The van der Waals surface area contributed by atoms with Crippen LogP contribution in [0.25, 0.3) is 0 Å². The minimum Gasteiger partial charge on any atom is -0.496 e. The van der Waals surface area contributed by atoms with Crippen LogP contribution in [-0.2, 0) is 6.54 Å². The van der Waals surface area contributed by atoms with Gasteiger partial charge in [0.15, 0.2) is 0 Å². The Labute approximate surface area is 148 Å². The van der Waals surface area contributed by atoms with E-state index in [9.17, 15) is 4.79 Å². The van der Waals surface area contributed by atoms with Crippen LogP contribution in [0, 0.1) is 0 Å². The van der Waals surface area contributed by atoms with E-state index in [4.69, 9.17) is 4.74 Å². The lowest BCUT2D eigenvalue weighted by Gasteiger charge is -2.32. The van der Waals surface area contributed by atoms with Gasteiger partial charge in [-0.25, -0.2) is 0 Å². The van der Waals surface area contributed by atoms with Gasteiger partial charge < -0.3 is 14.5 Å². The molecule has 6 heteroatoms. The van der Waals surface area contributed by atoms with Gasteiger partial charge in [-0.15, -0.1) is 11.3 Å². The summed E-state index contributed by atoms with van der Waals surface area (Å²) in [6, 6.07) is 9.94. The summed E-state index contributed by atoms with van der Waals surface area (Å²) in [5.41, 5.74) is 1.20. The van der Waals surface area contributed by atoms with Gasteiger partial charge in [-0.3, -0.25) is 4.79 Å². The molecule has 0 spiro atoms. The number of carbonyl (C=O) groups excluding carboxylic acids is 1. The molecule has 1 aromatic carbocycles. The summed E-state index contributed by atoms with van der Waals surface area (Å²) in [6.07, 6.45) is 0. The summed E-state index contributed by atoms with van der Waals surface area (Å²) in [4.78, 5) is 16.7. The number of thiophene rings is 1. The van der Waals surface area contributed by atoms with E-state index in [1.165, 1.54) is 21.8 Å². The Balaban J connectivity index is 1.59. The fourth-order valence-corrected chi connectivity index (χ4v) is 4.01. The standard InChI is InChI=1S/C17H19BrN2O2S/c1-22-15-5-4-14(18)11-13(15)12-19-6-8-20(9-7-19)17(21)16-3-2-10-23-16/h2-5,10-11H,6-9,12H2,1H3/p+1. The van der Waals surface area contributed by atoms with Crippen LogP contribution in [0.1, 0.15) is 15.2 Å². The third kappa shape index (κ3) is 3.94. The van der Waals surface area contributed by atoms with Crippen molar-refractivity contribution in [3.8, 4) is 5.75 Å². The Bertz CT molecular complexity index is 667. The van der Waals surface area contributed by atoms with Gasteiger partial charge in [0.25, 0.3) is 5.91 Å². The molecule has 0 unspecified atom stereocenters. The molecule has 23 heavy (non-hydrogen) atoms. The molecule has 3 rings (SSSR count). The molecule has 0 aliphatic carbocycles. The van der Waals surface area contributed by atoms with Crippen LogP contribution in [0.5, 0.6) is 5.75 Å². The molecule has 2 aromatic rings. The Morgan fingerprint density at radius 2 is 2.13 bits per heavy atom. The van der Waals surface area contributed by atoms with Crippen molar-refractivity contribution in [3.05, 3.63) is 50.6 Å². The van der Waals surface area contributed by atoms with E-state index >= 15 is 0 Å². The first-order valence-corrected chi connectivity index (χ1v) is 9.33. The molecular weight excluding hydrogens is 376 g/mol.